The summed E-state index contributed by atoms with van der Waals surface area (Å²) in [7, 11) is 0. The molecule has 0 unspecified atom stereocenters. The largest absolute Gasteiger partial charge is 0.507 e. The third-order valence-corrected chi connectivity index (χ3v) is 4.29. The molecule has 0 bridgehead atoms. The topological polar surface area (TPSA) is 100 Å². The van der Waals surface area contributed by atoms with Gasteiger partial charge < -0.3 is 24.5 Å². The maximum atomic E-state index is 12.5. The number of hydrogen-bond acceptors (Lipinski definition) is 6. The van der Waals surface area contributed by atoms with Crippen LogP contribution in [0.25, 0.3) is 22.3 Å². The maximum absolute atomic E-state index is 12.5. The highest BCUT2D eigenvalue weighted by molar-refractivity contribution is 5.86. The van der Waals surface area contributed by atoms with Crippen molar-refractivity contribution in [3.63, 3.8) is 0 Å². The molecule has 0 aliphatic heterocycles. The van der Waals surface area contributed by atoms with E-state index in [0.717, 1.165) is 5.56 Å². The van der Waals surface area contributed by atoms with E-state index in [1.54, 1.807) is 0 Å². The molecule has 0 aliphatic carbocycles. The van der Waals surface area contributed by atoms with Gasteiger partial charge in [-0.3, -0.25) is 4.79 Å². The molecule has 140 valence electrons. The first-order valence-electron chi connectivity index (χ1n) is 8.51. The summed E-state index contributed by atoms with van der Waals surface area (Å²) in [5, 5.41) is 29.4. The SMILES string of the molecule is O=c1cc(-c2ccc(O)c(O)c2)oc2cc(OCc3ccccc3)cc(O)c12. The van der Waals surface area contributed by atoms with Gasteiger partial charge in [0, 0.05) is 23.8 Å². The zero-order chi connectivity index (χ0) is 19.7. The lowest BCUT2D eigenvalue weighted by molar-refractivity contribution is 0.304. The average Bonchev–Trinajstić information content (AvgIpc) is 2.68. The lowest BCUT2D eigenvalue weighted by Gasteiger charge is -2.10. The van der Waals surface area contributed by atoms with Crippen LogP contribution in [-0.4, -0.2) is 15.3 Å². The first kappa shape index (κ1) is 17.5. The molecule has 0 radical (unpaired) electrons. The van der Waals surface area contributed by atoms with Crippen molar-refractivity contribution in [3.8, 4) is 34.3 Å². The maximum Gasteiger partial charge on any atom is 0.197 e. The molecule has 0 saturated heterocycles. The molecule has 28 heavy (non-hydrogen) atoms. The summed E-state index contributed by atoms with van der Waals surface area (Å²) in [6.07, 6.45) is 0. The van der Waals surface area contributed by atoms with Crippen LogP contribution >= 0.6 is 0 Å². The van der Waals surface area contributed by atoms with Crippen molar-refractivity contribution in [3.05, 3.63) is 82.5 Å². The molecule has 6 heteroatoms. The van der Waals surface area contributed by atoms with Crippen LogP contribution in [0, 0.1) is 0 Å². The van der Waals surface area contributed by atoms with E-state index < -0.39 is 5.43 Å². The van der Waals surface area contributed by atoms with Gasteiger partial charge in [0.2, 0.25) is 0 Å². The molecule has 1 heterocycles. The number of aromatic hydroxyl groups is 3. The smallest absolute Gasteiger partial charge is 0.197 e. The van der Waals surface area contributed by atoms with Gasteiger partial charge in [-0.25, -0.2) is 0 Å². The average molecular weight is 376 g/mol. The van der Waals surface area contributed by atoms with E-state index >= 15 is 0 Å². The summed E-state index contributed by atoms with van der Waals surface area (Å²) in [6, 6.07) is 17.7. The molecule has 0 saturated carbocycles. The minimum Gasteiger partial charge on any atom is -0.507 e. The van der Waals surface area contributed by atoms with E-state index in [4.69, 9.17) is 9.15 Å². The van der Waals surface area contributed by atoms with Gasteiger partial charge in [0.25, 0.3) is 0 Å². The second-order valence-corrected chi connectivity index (χ2v) is 6.27. The summed E-state index contributed by atoms with van der Waals surface area (Å²) in [5.41, 5.74) is 1.08. The molecule has 4 rings (SSSR count). The van der Waals surface area contributed by atoms with E-state index in [2.05, 4.69) is 0 Å². The predicted octanol–water partition coefficient (Wildman–Crippen LogP) is 4.16. The summed E-state index contributed by atoms with van der Waals surface area (Å²) >= 11 is 0. The molecular weight excluding hydrogens is 360 g/mol. The van der Waals surface area contributed by atoms with E-state index in [1.807, 2.05) is 30.3 Å². The zero-order valence-electron chi connectivity index (χ0n) is 14.6. The minimum atomic E-state index is -0.434. The second-order valence-electron chi connectivity index (χ2n) is 6.27. The van der Waals surface area contributed by atoms with Crippen molar-refractivity contribution in [2.24, 2.45) is 0 Å². The fraction of sp³-hybridized carbons (Fsp3) is 0.0455. The molecule has 3 N–H and O–H groups in total. The Morgan fingerprint density at radius 3 is 2.36 bits per heavy atom. The number of phenolic OH excluding ortho intramolecular Hbond substituents is 3. The van der Waals surface area contributed by atoms with Gasteiger partial charge in [-0.05, 0) is 23.8 Å². The Bertz CT molecular complexity index is 1210. The zero-order valence-corrected chi connectivity index (χ0v) is 14.6. The van der Waals surface area contributed by atoms with Crippen LogP contribution in [0.3, 0.4) is 0 Å². The number of hydrogen-bond donors (Lipinski definition) is 3. The first-order valence-corrected chi connectivity index (χ1v) is 8.51. The van der Waals surface area contributed by atoms with Crippen LogP contribution in [-0.2, 0) is 6.61 Å². The highest BCUT2D eigenvalue weighted by Crippen LogP contribution is 2.34. The van der Waals surface area contributed by atoms with Crippen molar-refractivity contribution in [1.29, 1.82) is 0 Å². The number of benzene rings is 3. The summed E-state index contributed by atoms with van der Waals surface area (Å²) < 4.78 is 11.5. The molecule has 0 spiro atoms. The van der Waals surface area contributed by atoms with Crippen LogP contribution in [0.1, 0.15) is 5.56 Å². The van der Waals surface area contributed by atoms with Crippen LogP contribution in [0.4, 0.5) is 0 Å². The van der Waals surface area contributed by atoms with Gasteiger partial charge in [-0.2, -0.15) is 0 Å². The Hall–Kier alpha value is -3.93. The third kappa shape index (κ3) is 3.35. The van der Waals surface area contributed by atoms with Crippen molar-refractivity contribution < 1.29 is 24.5 Å². The van der Waals surface area contributed by atoms with Crippen LogP contribution < -0.4 is 10.2 Å². The predicted molar refractivity (Wildman–Crippen MR) is 104 cm³/mol. The van der Waals surface area contributed by atoms with Gasteiger partial charge in [0.1, 0.15) is 34.8 Å². The molecule has 0 amide bonds. The van der Waals surface area contributed by atoms with Crippen LogP contribution in [0.15, 0.2) is 75.9 Å². The van der Waals surface area contributed by atoms with Crippen molar-refractivity contribution in [1.82, 2.24) is 0 Å². The van der Waals surface area contributed by atoms with Crippen molar-refractivity contribution in [2.45, 2.75) is 6.61 Å². The van der Waals surface area contributed by atoms with Gasteiger partial charge in [0.15, 0.2) is 16.9 Å². The molecule has 0 aliphatic rings. The molecule has 1 aromatic heterocycles. The molecule has 4 aromatic rings. The third-order valence-electron chi connectivity index (χ3n) is 4.29. The molecule has 3 aromatic carbocycles. The Morgan fingerprint density at radius 2 is 1.61 bits per heavy atom. The fourth-order valence-corrected chi connectivity index (χ4v) is 2.89. The number of phenols is 3. The monoisotopic (exact) mass is 376 g/mol. The van der Waals surface area contributed by atoms with E-state index in [1.165, 1.54) is 36.4 Å². The summed E-state index contributed by atoms with van der Waals surface area (Å²) in [4.78, 5) is 12.5. The van der Waals surface area contributed by atoms with E-state index in [9.17, 15) is 20.1 Å². The van der Waals surface area contributed by atoms with E-state index in [-0.39, 0.29) is 34.0 Å². The molecule has 0 fully saturated rings. The second kappa shape index (κ2) is 7.00. The minimum absolute atomic E-state index is 0.0406. The Kier molecular flexibility index (Phi) is 4.37. The first-order chi connectivity index (χ1) is 13.5. The highest BCUT2D eigenvalue weighted by atomic mass is 16.5. The Morgan fingerprint density at radius 1 is 0.821 bits per heavy atom. The lowest BCUT2D eigenvalue weighted by Crippen LogP contribution is -2.02. The molecule has 0 atom stereocenters. The molecule has 6 nitrogen and oxygen atoms in total. The number of rotatable bonds is 4. The Balaban J connectivity index is 1.74. The highest BCUT2D eigenvalue weighted by Gasteiger charge is 2.14. The fourth-order valence-electron chi connectivity index (χ4n) is 2.89. The van der Waals surface area contributed by atoms with Gasteiger partial charge >= 0.3 is 0 Å². The number of ether oxygens (including phenoxy) is 1. The Labute approximate surface area is 159 Å². The standard InChI is InChI=1S/C22H16O6/c23-16-7-6-14(8-17(16)24)20-11-19(26)22-18(25)9-15(10-21(22)28-20)27-12-13-4-2-1-3-5-13/h1-11,23-25H,12H2. The van der Waals surface area contributed by atoms with Crippen molar-refractivity contribution >= 4 is 11.0 Å². The quantitative estimate of drug-likeness (QED) is 0.463. The van der Waals surface area contributed by atoms with Crippen LogP contribution in [0.5, 0.6) is 23.0 Å². The lowest BCUT2D eigenvalue weighted by atomic mass is 10.1. The van der Waals surface area contributed by atoms with Crippen molar-refractivity contribution in [2.75, 3.05) is 0 Å². The van der Waals surface area contributed by atoms with E-state index in [0.29, 0.717) is 17.9 Å². The van der Waals surface area contributed by atoms with Gasteiger partial charge in [-0.1, -0.05) is 30.3 Å². The molecular formula is C22H16O6. The van der Waals surface area contributed by atoms with Crippen LogP contribution in [0.2, 0.25) is 0 Å². The number of fused-ring (bicyclic) bond motifs is 1. The van der Waals surface area contributed by atoms with Gasteiger partial charge in [-0.15, -0.1) is 0 Å². The summed E-state index contributed by atoms with van der Waals surface area (Å²) in [6.45, 7) is 0.293. The van der Waals surface area contributed by atoms with Gasteiger partial charge in [0.05, 0.1) is 0 Å². The normalized spacial score (nSPS) is 10.9. The summed E-state index contributed by atoms with van der Waals surface area (Å²) in [5.74, 6) is -0.311.